The minimum Gasteiger partial charge on any atom is -0.385 e. The van der Waals surface area contributed by atoms with E-state index in [-0.39, 0.29) is 0 Å². The van der Waals surface area contributed by atoms with Gasteiger partial charge in [-0.3, -0.25) is 0 Å². The first-order valence-corrected chi connectivity index (χ1v) is 4.18. The van der Waals surface area contributed by atoms with E-state index in [4.69, 9.17) is 0 Å². The van der Waals surface area contributed by atoms with E-state index in [2.05, 4.69) is 17.2 Å². The second-order valence-electron chi connectivity index (χ2n) is 2.65. The predicted octanol–water partition coefficient (Wildman–Crippen LogP) is 2.43. The molecule has 0 bridgehead atoms. The van der Waals surface area contributed by atoms with Gasteiger partial charge in [0.1, 0.15) is 0 Å². The maximum absolute atomic E-state index is 12.5. The summed E-state index contributed by atoms with van der Waals surface area (Å²) in [5.41, 5.74) is 0.802. The van der Waals surface area contributed by atoms with Gasteiger partial charge in [0.05, 0.1) is 0 Å². The number of unbranched alkanes of at least 4 members (excludes halogenated alkanes) is 1. The molecule has 0 amide bonds. The molecule has 1 heterocycles. The highest BCUT2D eigenvalue weighted by atomic mass is 19.1. The number of hydrogen-bond acceptors (Lipinski definition) is 2. The standard InChI is InChI=1S/C9H13FN2/c1-2-3-5-11-8-4-6-12-9(10)7-8/h4,6-7H,2-3,5H2,1H3,(H,11,12). The molecular weight excluding hydrogens is 155 g/mol. The molecule has 1 rings (SSSR count). The van der Waals surface area contributed by atoms with Crippen molar-refractivity contribution < 1.29 is 4.39 Å². The van der Waals surface area contributed by atoms with Crippen LogP contribution in [-0.4, -0.2) is 11.5 Å². The monoisotopic (exact) mass is 168 g/mol. The lowest BCUT2D eigenvalue weighted by Gasteiger charge is -2.03. The topological polar surface area (TPSA) is 24.9 Å². The zero-order valence-corrected chi connectivity index (χ0v) is 7.18. The summed E-state index contributed by atoms with van der Waals surface area (Å²) in [4.78, 5) is 3.46. The molecular formula is C9H13FN2. The Bertz CT molecular complexity index is 238. The van der Waals surface area contributed by atoms with Crippen LogP contribution in [0, 0.1) is 5.95 Å². The Kier molecular flexibility index (Phi) is 3.51. The first kappa shape index (κ1) is 8.97. The fourth-order valence-electron chi connectivity index (χ4n) is 0.922. The third kappa shape index (κ3) is 2.86. The number of nitrogens with one attached hydrogen (secondary N) is 1. The quantitative estimate of drug-likeness (QED) is 0.551. The zero-order chi connectivity index (χ0) is 8.81. The van der Waals surface area contributed by atoms with Crippen LogP contribution in [0.3, 0.4) is 0 Å². The van der Waals surface area contributed by atoms with Crippen molar-refractivity contribution >= 4 is 5.69 Å². The number of anilines is 1. The highest BCUT2D eigenvalue weighted by molar-refractivity contribution is 5.40. The summed E-state index contributed by atoms with van der Waals surface area (Å²) in [7, 11) is 0. The van der Waals surface area contributed by atoms with Crippen molar-refractivity contribution in [1.29, 1.82) is 0 Å². The minimum atomic E-state index is -0.434. The molecule has 0 unspecified atom stereocenters. The summed E-state index contributed by atoms with van der Waals surface area (Å²) in [5.74, 6) is -0.434. The predicted molar refractivity (Wildman–Crippen MR) is 47.6 cm³/mol. The van der Waals surface area contributed by atoms with Gasteiger partial charge >= 0.3 is 0 Å². The molecule has 66 valence electrons. The fourth-order valence-corrected chi connectivity index (χ4v) is 0.922. The first-order chi connectivity index (χ1) is 5.83. The molecule has 0 fully saturated rings. The van der Waals surface area contributed by atoms with E-state index in [1.807, 2.05) is 0 Å². The molecule has 0 aliphatic rings. The number of pyridine rings is 1. The highest BCUT2D eigenvalue weighted by Crippen LogP contribution is 2.06. The Hall–Kier alpha value is -1.12. The molecule has 2 nitrogen and oxygen atoms in total. The van der Waals surface area contributed by atoms with Gasteiger partial charge in [-0.2, -0.15) is 4.39 Å². The normalized spacial score (nSPS) is 9.83. The second-order valence-corrected chi connectivity index (χ2v) is 2.65. The minimum absolute atomic E-state index is 0.434. The Morgan fingerprint density at radius 1 is 1.58 bits per heavy atom. The molecule has 0 spiro atoms. The molecule has 1 aromatic heterocycles. The average molecular weight is 168 g/mol. The van der Waals surface area contributed by atoms with Gasteiger partial charge in [0.15, 0.2) is 0 Å². The fraction of sp³-hybridized carbons (Fsp3) is 0.444. The van der Waals surface area contributed by atoms with Crippen LogP contribution in [0.1, 0.15) is 19.8 Å². The van der Waals surface area contributed by atoms with Crippen LogP contribution in [-0.2, 0) is 0 Å². The lowest BCUT2D eigenvalue weighted by atomic mass is 10.3. The largest absolute Gasteiger partial charge is 0.385 e. The van der Waals surface area contributed by atoms with Crippen LogP contribution in [0.5, 0.6) is 0 Å². The summed E-state index contributed by atoms with van der Waals surface area (Å²) < 4.78 is 12.5. The molecule has 0 saturated carbocycles. The molecule has 0 radical (unpaired) electrons. The maximum Gasteiger partial charge on any atom is 0.214 e. The molecule has 0 aromatic carbocycles. The summed E-state index contributed by atoms with van der Waals surface area (Å²) in [6, 6.07) is 3.16. The summed E-state index contributed by atoms with van der Waals surface area (Å²) >= 11 is 0. The van der Waals surface area contributed by atoms with Gasteiger partial charge in [-0.1, -0.05) is 13.3 Å². The van der Waals surface area contributed by atoms with Crippen molar-refractivity contribution in [1.82, 2.24) is 4.98 Å². The van der Waals surface area contributed by atoms with Crippen LogP contribution < -0.4 is 5.32 Å². The maximum atomic E-state index is 12.5. The molecule has 1 aromatic rings. The van der Waals surface area contributed by atoms with Crippen molar-refractivity contribution in [3.63, 3.8) is 0 Å². The van der Waals surface area contributed by atoms with E-state index < -0.39 is 5.95 Å². The average Bonchev–Trinajstić information content (AvgIpc) is 2.05. The summed E-state index contributed by atoms with van der Waals surface area (Å²) in [6.45, 7) is 3.01. The molecule has 0 atom stereocenters. The van der Waals surface area contributed by atoms with E-state index in [0.717, 1.165) is 25.1 Å². The summed E-state index contributed by atoms with van der Waals surface area (Å²) in [5, 5.41) is 3.11. The Labute approximate surface area is 71.8 Å². The number of halogens is 1. The first-order valence-electron chi connectivity index (χ1n) is 4.18. The van der Waals surface area contributed by atoms with Gasteiger partial charge in [0.25, 0.3) is 0 Å². The van der Waals surface area contributed by atoms with E-state index in [9.17, 15) is 4.39 Å². The van der Waals surface area contributed by atoms with Gasteiger partial charge in [0, 0.05) is 24.5 Å². The van der Waals surface area contributed by atoms with Crippen LogP contribution in [0.4, 0.5) is 10.1 Å². The molecule has 12 heavy (non-hydrogen) atoms. The van der Waals surface area contributed by atoms with Crippen molar-refractivity contribution in [2.75, 3.05) is 11.9 Å². The van der Waals surface area contributed by atoms with E-state index in [0.29, 0.717) is 0 Å². The zero-order valence-electron chi connectivity index (χ0n) is 7.18. The van der Waals surface area contributed by atoms with Gasteiger partial charge < -0.3 is 5.32 Å². The number of rotatable bonds is 4. The molecule has 3 heteroatoms. The third-order valence-electron chi connectivity index (χ3n) is 1.59. The Morgan fingerprint density at radius 3 is 3.08 bits per heavy atom. The van der Waals surface area contributed by atoms with Crippen LogP contribution in [0.25, 0.3) is 0 Å². The molecule has 1 N–H and O–H groups in total. The smallest absolute Gasteiger partial charge is 0.214 e. The number of nitrogens with zero attached hydrogens (tertiary/aromatic N) is 1. The van der Waals surface area contributed by atoms with E-state index in [1.54, 1.807) is 6.07 Å². The van der Waals surface area contributed by atoms with Crippen molar-refractivity contribution in [2.24, 2.45) is 0 Å². The van der Waals surface area contributed by atoms with Crippen LogP contribution >= 0.6 is 0 Å². The van der Waals surface area contributed by atoms with Crippen LogP contribution in [0.15, 0.2) is 18.3 Å². The van der Waals surface area contributed by atoms with Crippen molar-refractivity contribution in [3.05, 3.63) is 24.3 Å². The lowest BCUT2D eigenvalue weighted by Crippen LogP contribution is -2.01. The van der Waals surface area contributed by atoms with Crippen molar-refractivity contribution in [3.8, 4) is 0 Å². The van der Waals surface area contributed by atoms with Gasteiger partial charge in [-0.15, -0.1) is 0 Å². The Morgan fingerprint density at radius 2 is 2.42 bits per heavy atom. The van der Waals surface area contributed by atoms with Crippen LogP contribution in [0.2, 0.25) is 0 Å². The third-order valence-corrected chi connectivity index (χ3v) is 1.59. The molecule has 0 saturated heterocycles. The molecule has 0 aliphatic heterocycles. The second kappa shape index (κ2) is 4.70. The summed E-state index contributed by atoms with van der Waals surface area (Å²) in [6.07, 6.45) is 3.70. The van der Waals surface area contributed by atoms with Gasteiger partial charge in [-0.25, -0.2) is 4.98 Å². The molecule has 0 aliphatic carbocycles. The highest BCUT2D eigenvalue weighted by Gasteiger charge is 1.93. The van der Waals surface area contributed by atoms with Crippen molar-refractivity contribution in [2.45, 2.75) is 19.8 Å². The van der Waals surface area contributed by atoms with Gasteiger partial charge in [-0.05, 0) is 12.5 Å². The van der Waals surface area contributed by atoms with E-state index in [1.165, 1.54) is 12.3 Å². The lowest BCUT2D eigenvalue weighted by molar-refractivity contribution is 0.584. The van der Waals surface area contributed by atoms with Gasteiger partial charge in [0.2, 0.25) is 5.95 Å². The number of aromatic nitrogens is 1. The SMILES string of the molecule is CCCCNc1ccnc(F)c1. The number of hydrogen-bond donors (Lipinski definition) is 1. The Balaban J connectivity index is 2.41. The van der Waals surface area contributed by atoms with E-state index >= 15 is 0 Å².